The summed E-state index contributed by atoms with van der Waals surface area (Å²) >= 11 is 0. The highest BCUT2D eigenvalue weighted by molar-refractivity contribution is 5.70. The molecular formula is C26H24F3NO3. The Labute approximate surface area is 190 Å². The van der Waals surface area contributed by atoms with Crippen molar-refractivity contribution < 1.29 is 27.8 Å². The van der Waals surface area contributed by atoms with Crippen molar-refractivity contribution in [3.05, 3.63) is 95.6 Å². The summed E-state index contributed by atoms with van der Waals surface area (Å²) in [4.78, 5) is 13.7. The summed E-state index contributed by atoms with van der Waals surface area (Å²) in [5.41, 5.74) is 0.786. The number of hydrogen-bond donors (Lipinski definition) is 1. The first-order valence-corrected chi connectivity index (χ1v) is 10.8. The molecule has 0 amide bonds. The molecule has 1 aliphatic rings. The minimum absolute atomic E-state index is 0.324. The molecule has 33 heavy (non-hydrogen) atoms. The van der Waals surface area contributed by atoms with Gasteiger partial charge in [-0.05, 0) is 66.9 Å². The fraction of sp³-hybridized carbons (Fsp3) is 0.269. The number of benzene rings is 3. The monoisotopic (exact) mass is 455 g/mol. The minimum atomic E-state index is -4.42. The van der Waals surface area contributed by atoms with Crippen molar-refractivity contribution in [2.45, 2.75) is 25.1 Å². The number of para-hydroxylation sites is 1. The maximum absolute atomic E-state index is 13.1. The van der Waals surface area contributed by atoms with E-state index in [1.165, 1.54) is 12.1 Å². The molecule has 1 aliphatic heterocycles. The fourth-order valence-electron chi connectivity index (χ4n) is 4.28. The summed E-state index contributed by atoms with van der Waals surface area (Å²) in [5.74, 6) is -0.0986. The summed E-state index contributed by atoms with van der Waals surface area (Å²) in [6.07, 6.45) is -3.13. The molecule has 2 atom stereocenters. The van der Waals surface area contributed by atoms with Crippen LogP contribution < -0.4 is 4.74 Å². The molecule has 2 unspecified atom stereocenters. The fourth-order valence-corrected chi connectivity index (χ4v) is 4.28. The first-order chi connectivity index (χ1) is 15.8. The van der Waals surface area contributed by atoms with Crippen LogP contribution in [-0.2, 0) is 11.0 Å². The highest BCUT2D eigenvalue weighted by atomic mass is 19.4. The molecule has 0 saturated carbocycles. The largest absolute Gasteiger partial charge is 0.481 e. The van der Waals surface area contributed by atoms with E-state index >= 15 is 0 Å². The molecule has 0 radical (unpaired) electrons. The smallest absolute Gasteiger partial charge is 0.416 e. The Hall–Kier alpha value is -3.32. The average Bonchev–Trinajstić information content (AvgIpc) is 2.80. The Morgan fingerprint density at radius 3 is 2.30 bits per heavy atom. The van der Waals surface area contributed by atoms with Gasteiger partial charge in [0.05, 0.1) is 17.5 Å². The van der Waals surface area contributed by atoms with Crippen LogP contribution in [0.2, 0.25) is 0 Å². The number of alkyl halides is 3. The van der Waals surface area contributed by atoms with Crippen LogP contribution in [0.15, 0.2) is 78.9 Å². The van der Waals surface area contributed by atoms with Gasteiger partial charge in [0.1, 0.15) is 11.5 Å². The second-order valence-corrected chi connectivity index (χ2v) is 8.18. The Morgan fingerprint density at radius 2 is 1.64 bits per heavy atom. The van der Waals surface area contributed by atoms with E-state index in [1.807, 2.05) is 59.5 Å². The Kier molecular flexibility index (Phi) is 6.70. The van der Waals surface area contributed by atoms with E-state index in [-0.39, 0.29) is 0 Å². The maximum atomic E-state index is 13.1. The van der Waals surface area contributed by atoms with E-state index < -0.39 is 29.7 Å². The lowest BCUT2D eigenvalue weighted by molar-refractivity contribution is -0.144. The van der Waals surface area contributed by atoms with E-state index in [9.17, 15) is 23.1 Å². The number of nitrogens with zero attached hydrogens (tertiary/aromatic N) is 1. The molecule has 4 rings (SSSR count). The van der Waals surface area contributed by atoms with Crippen molar-refractivity contribution in [2.24, 2.45) is 5.92 Å². The minimum Gasteiger partial charge on any atom is -0.481 e. The summed E-state index contributed by atoms with van der Waals surface area (Å²) < 4.78 is 45.3. The van der Waals surface area contributed by atoms with Crippen molar-refractivity contribution in [3.63, 3.8) is 0 Å². The molecule has 1 N–H and O–H groups in total. The molecular weight excluding hydrogens is 431 g/mol. The summed E-state index contributed by atoms with van der Waals surface area (Å²) in [7, 11) is 0. The predicted octanol–water partition coefficient (Wildman–Crippen LogP) is 6.38. The summed E-state index contributed by atoms with van der Waals surface area (Å²) in [6.45, 7) is 0.976. The predicted molar refractivity (Wildman–Crippen MR) is 118 cm³/mol. The van der Waals surface area contributed by atoms with E-state index in [1.54, 1.807) is 0 Å². The van der Waals surface area contributed by atoms with Gasteiger partial charge >= 0.3 is 12.1 Å². The van der Waals surface area contributed by atoms with Gasteiger partial charge in [-0.15, -0.1) is 0 Å². The normalized spacial score (nSPS) is 18.0. The molecule has 3 aromatic carbocycles. The second kappa shape index (κ2) is 9.67. The molecule has 1 fully saturated rings. The summed E-state index contributed by atoms with van der Waals surface area (Å²) in [6, 6.07) is 21.4. The molecule has 4 nitrogen and oxygen atoms in total. The molecule has 0 aliphatic carbocycles. The van der Waals surface area contributed by atoms with E-state index in [0.29, 0.717) is 43.0 Å². The molecule has 0 spiro atoms. The molecule has 3 aromatic rings. The van der Waals surface area contributed by atoms with E-state index in [0.717, 1.165) is 17.7 Å². The molecule has 1 heterocycles. The third-order valence-electron chi connectivity index (χ3n) is 5.87. The quantitative estimate of drug-likeness (QED) is 0.468. The summed E-state index contributed by atoms with van der Waals surface area (Å²) in [5, 5.41) is 9.54. The van der Waals surface area contributed by atoms with E-state index in [2.05, 4.69) is 0 Å². The lowest BCUT2D eigenvalue weighted by Crippen LogP contribution is -2.41. The zero-order valence-electron chi connectivity index (χ0n) is 17.8. The first kappa shape index (κ1) is 22.9. The topological polar surface area (TPSA) is 49.8 Å². The third kappa shape index (κ3) is 5.54. The number of hydrogen-bond acceptors (Lipinski definition) is 3. The number of rotatable bonds is 6. The van der Waals surface area contributed by atoms with E-state index in [4.69, 9.17) is 4.74 Å². The molecule has 0 bridgehead atoms. The first-order valence-electron chi connectivity index (χ1n) is 10.8. The maximum Gasteiger partial charge on any atom is 0.416 e. The number of piperidine rings is 1. The van der Waals surface area contributed by atoms with Crippen LogP contribution in [0.5, 0.6) is 11.5 Å². The van der Waals surface area contributed by atoms with Crippen LogP contribution in [0.25, 0.3) is 0 Å². The lowest BCUT2D eigenvalue weighted by Gasteiger charge is -2.37. The van der Waals surface area contributed by atoms with Crippen LogP contribution in [0.3, 0.4) is 0 Å². The number of aliphatic carboxylic acids is 1. The zero-order valence-corrected chi connectivity index (χ0v) is 17.8. The van der Waals surface area contributed by atoms with Crippen molar-refractivity contribution in [3.8, 4) is 11.5 Å². The van der Waals surface area contributed by atoms with Crippen LogP contribution in [0, 0.1) is 5.92 Å². The van der Waals surface area contributed by atoms with Crippen LogP contribution >= 0.6 is 0 Å². The SMILES string of the molecule is O=C(O)C1CCCN(C(c2ccc(C(F)(F)F)cc2)c2cccc(Oc3ccccc3)c2)C1. The Bertz CT molecular complexity index is 1080. The lowest BCUT2D eigenvalue weighted by atomic mass is 9.91. The molecule has 0 aromatic heterocycles. The number of carboxylic acid groups (broad SMARTS) is 1. The van der Waals surface area contributed by atoms with Gasteiger partial charge in [-0.2, -0.15) is 13.2 Å². The van der Waals surface area contributed by atoms with Gasteiger partial charge in [-0.25, -0.2) is 0 Å². The molecule has 7 heteroatoms. The number of carboxylic acids is 1. The van der Waals surface area contributed by atoms with Crippen LogP contribution in [0.4, 0.5) is 13.2 Å². The van der Waals surface area contributed by atoms with Gasteiger partial charge < -0.3 is 9.84 Å². The second-order valence-electron chi connectivity index (χ2n) is 8.18. The third-order valence-corrected chi connectivity index (χ3v) is 5.87. The zero-order chi connectivity index (χ0) is 23.4. The van der Waals surface area contributed by atoms with Crippen molar-refractivity contribution in [1.29, 1.82) is 0 Å². The van der Waals surface area contributed by atoms with Gasteiger partial charge in [0.15, 0.2) is 0 Å². The number of halogens is 3. The Balaban J connectivity index is 1.70. The van der Waals surface area contributed by atoms with Crippen molar-refractivity contribution in [1.82, 2.24) is 4.90 Å². The van der Waals surface area contributed by atoms with Gasteiger partial charge in [0.25, 0.3) is 0 Å². The van der Waals surface area contributed by atoms with Gasteiger partial charge in [-0.3, -0.25) is 9.69 Å². The number of ether oxygens (including phenoxy) is 1. The van der Waals surface area contributed by atoms with Crippen LogP contribution in [0.1, 0.15) is 35.6 Å². The molecule has 172 valence electrons. The average molecular weight is 455 g/mol. The van der Waals surface area contributed by atoms with Crippen molar-refractivity contribution in [2.75, 3.05) is 13.1 Å². The van der Waals surface area contributed by atoms with Gasteiger partial charge in [0.2, 0.25) is 0 Å². The Morgan fingerprint density at radius 1 is 0.939 bits per heavy atom. The highest BCUT2D eigenvalue weighted by Crippen LogP contribution is 2.36. The number of likely N-dealkylation sites (tertiary alicyclic amines) is 1. The van der Waals surface area contributed by atoms with Crippen molar-refractivity contribution >= 4 is 5.97 Å². The number of carbonyl (C=O) groups is 1. The van der Waals surface area contributed by atoms with Gasteiger partial charge in [-0.1, -0.05) is 42.5 Å². The standard InChI is InChI=1S/C26H24F3NO3/c27-26(28,29)21-13-11-18(12-14-21)24(30-15-5-7-20(17-30)25(31)32)19-6-4-10-23(16-19)33-22-8-2-1-3-9-22/h1-4,6,8-14,16,20,24H,5,7,15,17H2,(H,31,32). The van der Waals surface area contributed by atoms with Gasteiger partial charge in [0, 0.05) is 6.54 Å². The van der Waals surface area contributed by atoms with Crippen LogP contribution in [-0.4, -0.2) is 29.1 Å². The highest BCUT2D eigenvalue weighted by Gasteiger charge is 2.33. The molecule has 1 saturated heterocycles.